The number of aliphatic hydroxyl groups excluding tert-OH is 1. The Morgan fingerprint density at radius 3 is 2.15 bits per heavy atom. The van der Waals surface area contributed by atoms with Crippen LogP contribution in [-0.4, -0.2) is 5.11 Å². The first-order valence-electron chi connectivity index (χ1n) is 6.21. The standard InChI is InChI=1S/C16H15Cl2FO/c1-16(2,11-4-6-12(19)7-5-11)15(20)10-3-8-13(17)14(18)9-10/h3-9,15,20H,1-2H3. The van der Waals surface area contributed by atoms with Crippen LogP contribution in [-0.2, 0) is 5.41 Å². The van der Waals surface area contributed by atoms with Crippen molar-refractivity contribution < 1.29 is 9.50 Å². The van der Waals surface area contributed by atoms with Crippen LogP contribution < -0.4 is 0 Å². The molecule has 20 heavy (non-hydrogen) atoms. The molecule has 0 aliphatic carbocycles. The first kappa shape index (κ1) is 15.3. The summed E-state index contributed by atoms with van der Waals surface area (Å²) in [5.74, 6) is -0.298. The van der Waals surface area contributed by atoms with E-state index < -0.39 is 11.5 Å². The van der Waals surface area contributed by atoms with Crippen LogP contribution in [0.25, 0.3) is 0 Å². The van der Waals surface area contributed by atoms with Crippen LogP contribution in [0.5, 0.6) is 0 Å². The van der Waals surface area contributed by atoms with Crippen molar-refractivity contribution in [2.24, 2.45) is 0 Å². The summed E-state index contributed by atoms with van der Waals surface area (Å²) in [6.45, 7) is 3.79. The quantitative estimate of drug-likeness (QED) is 0.831. The fourth-order valence-electron chi connectivity index (χ4n) is 2.14. The molecule has 0 aliphatic rings. The minimum atomic E-state index is -0.775. The van der Waals surface area contributed by atoms with Crippen molar-refractivity contribution in [3.05, 3.63) is 69.5 Å². The van der Waals surface area contributed by atoms with Crippen LogP contribution in [0.4, 0.5) is 4.39 Å². The zero-order valence-electron chi connectivity index (χ0n) is 11.2. The van der Waals surface area contributed by atoms with Gasteiger partial charge in [-0.3, -0.25) is 0 Å². The van der Waals surface area contributed by atoms with Gasteiger partial charge in [-0.2, -0.15) is 0 Å². The van der Waals surface area contributed by atoms with E-state index >= 15 is 0 Å². The van der Waals surface area contributed by atoms with E-state index in [1.54, 1.807) is 30.3 Å². The third-order valence-electron chi connectivity index (χ3n) is 3.53. The van der Waals surface area contributed by atoms with Crippen LogP contribution in [0.15, 0.2) is 42.5 Å². The number of hydrogen-bond acceptors (Lipinski definition) is 1. The fourth-order valence-corrected chi connectivity index (χ4v) is 2.44. The molecule has 1 nitrogen and oxygen atoms in total. The SMILES string of the molecule is CC(C)(c1ccc(F)cc1)C(O)c1ccc(Cl)c(Cl)c1. The van der Waals surface area contributed by atoms with Crippen LogP contribution in [0.1, 0.15) is 31.1 Å². The topological polar surface area (TPSA) is 20.2 Å². The molecule has 0 heterocycles. The molecule has 2 aromatic rings. The maximum Gasteiger partial charge on any atom is 0.123 e. The number of rotatable bonds is 3. The van der Waals surface area contributed by atoms with Crippen molar-refractivity contribution in [1.82, 2.24) is 0 Å². The lowest BCUT2D eigenvalue weighted by Crippen LogP contribution is -2.26. The summed E-state index contributed by atoms with van der Waals surface area (Å²) in [7, 11) is 0. The third kappa shape index (κ3) is 2.98. The highest BCUT2D eigenvalue weighted by Gasteiger charge is 2.31. The number of hydrogen-bond donors (Lipinski definition) is 1. The Morgan fingerprint density at radius 2 is 1.60 bits per heavy atom. The second kappa shape index (κ2) is 5.72. The molecule has 0 aliphatic heterocycles. The Morgan fingerprint density at radius 1 is 1.00 bits per heavy atom. The van der Waals surface area contributed by atoms with Crippen molar-refractivity contribution >= 4 is 23.2 Å². The molecule has 0 bridgehead atoms. The first-order chi connectivity index (χ1) is 9.32. The number of halogens is 3. The van der Waals surface area contributed by atoms with Gasteiger partial charge in [0.15, 0.2) is 0 Å². The highest BCUT2D eigenvalue weighted by atomic mass is 35.5. The zero-order chi connectivity index (χ0) is 14.9. The normalized spacial score (nSPS) is 13.3. The highest BCUT2D eigenvalue weighted by molar-refractivity contribution is 6.42. The van der Waals surface area contributed by atoms with Gasteiger partial charge in [-0.25, -0.2) is 4.39 Å². The fraction of sp³-hybridized carbons (Fsp3) is 0.250. The van der Waals surface area contributed by atoms with Crippen molar-refractivity contribution in [2.45, 2.75) is 25.4 Å². The molecule has 106 valence electrons. The van der Waals surface area contributed by atoms with Gasteiger partial charge >= 0.3 is 0 Å². The molecule has 4 heteroatoms. The van der Waals surface area contributed by atoms with E-state index in [9.17, 15) is 9.50 Å². The summed E-state index contributed by atoms with van der Waals surface area (Å²) in [5.41, 5.74) is 0.941. The molecular formula is C16H15Cl2FO. The van der Waals surface area contributed by atoms with Crippen LogP contribution in [0, 0.1) is 5.82 Å². The summed E-state index contributed by atoms with van der Waals surface area (Å²) in [5, 5.41) is 11.4. The molecule has 0 radical (unpaired) electrons. The molecule has 1 unspecified atom stereocenters. The second-order valence-corrected chi connectivity index (χ2v) is 6.12. The average Bonchev–Trinajstić information content (AvgIpc) is 2.41. The van der Waals surface area contributed by atoms with Crippen LogP contribution >= 0.6 is 23.2 Å². The minimum Gasteiger partial charge on any atom is -0.388 e. The predicted molar refractivity (Wildman–Crippen MR) is 80.8 cm³/mol. The summed E-state index contributed by atoms with van der Waals surface area (Å²) in [6.07, 6.45) is -0.775. The molecule has 0 saturated carbocycles. The summed E-state index contributed by atoms with van der Waals surface area (Å²) in [4.78, 5) is 0. The lowest BCUT2D eigenvalue weighted by Gasteiger charge is -2.31. The van der Waals surface area contributed by atoms with Crippen molar-refractivity contribution in [2.75, 3.05) is 0 Å². The lowest BCUT2D eigenvalue weighted by atomic mass is 9.77. The largest absolute Gasteiger partial charge is 0.388 e. The van der Waals surface area contributed by atoms with Crippen molar-refractivity contribution in [1.29, 1.82) is 0 Å². The molecular weight excluding hydrogens is 298 g/mol. The average molecular weight is 313 g/mol. The first-order valence-corrected chi connectivity index (χ1v) is 6.97. The second-order valence-electron chi connectivity index (χ2n) is 5.30. The lowest BCUT2D eigenvalue weighted by molar-refractivity contribution is 0.100. The van der Waals surface area contributed by atoms with Crippen LogP contribution in [0.3, 0.4) is 0 Å². The Bertz CT molecular complexity index is 608. The minimum absolute atomic E-state index is 0.298. The smallest absolute Gasteiger partial charge is 0.123 e. The Kier molecular flexibility index (Phi) is 4.38. The van der Waals surface area contributed by atoms with Gasteiger partial charge in [0.05, 0.1) is 16.1 Å². The third-order valence-corrected chi connectivity index (χ3v) is 4.27. The van der Waals surface area contributed by atoms with Gasteiger partial charge in [0.25, 0.3) is 0 Å². The van der Waals surface area contributed by atoms with E-state index in [1.807, 2.05) is 13.8 Å². The highest BCUT2D eigenvalue weighted by Crippen LogP contribution is 2.38. The summed E-state index contributed by atoms with van der Waals surface area (Å²) >= 11 is 11.9. The molecule has 2 rings (SSSR count). The molecule has 1 N–H and O–H groups in total. The summed E-state index contributed by atoms with van der Waals surface area (Å²) < 4.78 is 13.0. The maximum absolute atomic E-state index is 13.0. The molecule has 0 spiro atoms. The molecule has 0 fully saturated rings. The van der Waals surface area contributed by atoms with Gasteiger partial charge in [0.2, 0.25) is 0 Å². The van der Waals surface area contributed by atoms with Gasteiger partial charge < -0.3 is 5.11 Å². The van der Waals surface area contributed by atoms with Gasteiger partial charge in [-0.15, -0.1) is 0 Å². The van der Waals surface area contributed by atoms with Crippen molar-refractivity contribution in [3.63, 3.8) is 0 Å². The summed E-state index contributed by atoms with van der Waals surface area (Å²) in [6, 6.07) is 11.2. The van der Waals surface area contributed by atoms with Gasteiger partial charge in [-0.05, 0) is 35.4 Å². The number of benzene rings is 2. The van der Waals surface area contributed by atoms with Gasteiger partial charge in [0, 0.05) is 5.41 Å². The van der Waals surface area contributed by atoms with E-state index in [-0.39, 0.29) is 5.82 Å². The zero-order valence-corrected chi connectivity index (χ0v) is 12.7. The van der Waals surface area contributed by atoms with E-state index in [4.69, 9.17) is 23.2 Å². The molecule has 2 aromatic carbocycles. The number of aliphatic hydroxyl groups is 1. The monoisotopic (exact) mass is 312 g/mol. The molecule has 0 aromatic heterocycles. The maximum atomic E-state index is 13.0. The van der Waals surface area contributed by atoms with Gasteiger partial charge in [0.1, 0.15) is 5.82 Å². The predicted octanol–water partition coefficient (Wildman–Crippen LogP) is 5.14. The van der Waals surface area contributed by atoms with E-state index in [2.05, 4.69) is 0 Å². The molecule has 0 amide bonds. The Balaban J connectivity index is 2.37. The Hall–Kier alpha value is -1.09. The van der Waals surface area contributed by atoms with E-state index in [0.717, 1.165) is 5.56 Å². The Labute approximate surface area is 128 Å². The van der Waals surface area contributed by atoms with Crippen LogP contribution in [0.2, 0.25) is 10.0 Å². The van der Waals surface area contributed by atoms with E-state index in [0.29, 0.717) is 15.6 Å². The van der Waals surface area contributed by atoms with Crippen molar-refractivity contribution in [3.8, 4) is 0 Å². The molecule has 1 atom stereocenters. The van der Waals surface area contributed by atoms with Gasteiger partial charge in [-0.1, -0.05) is 55.2 Å². The molecule has 0 saturated heterocycles. The van der Waals surface area contributed by atoms with E-state index in [1.165, 1.54) is 12.1 Å².